The van der Waals surface area contributed by atoms with Crippen LogP contribution in [0.25, 0.3) is 10.9 Å². The Kier molecular flexibility index (Phi) is 6.36. The zero-order chi connectivity index (χ0) is 22.9. The maximum Gasteiger partial charge on any atom is 0.286 e. The lowest BCUT2D eigenvalue weighted by Crippen LogP contribution is -2.42. The summed E-state index contributed by atoms with van der Waals surface area (Å²) >= 11 is 7.64. The summed E-state index contributed by atoms with van der Waals surface area (Å²) in [6, 6.07) is 9.29. The first-order valence-electron chi connectivity index (χ1n) is 11.4. The Morgan fingerprint density at radius 1 is 1.24 bits per heavy atom. The van der Waals surface area contributed by atoms with Gasteiger partial charge in [0.15, 0.2) is 0 Å². The summed E-state index contributed by atoms with van der Waals surface area (Å²) < 4.78 is 0. The van der Waals surface area contributed by atoms with E-state index in [9.17, 15) is 9.59 Å². The number of hydrogen-bond donors (Lipinski definition) is 2. The number of aliphatic imine (C=N–C) groups is 1. The molecular formula is C25H27ClN4O2S. The number of halogens is 1. The zero-order valence-electron chi connectivity index (χ0n) is 18.6. The lowest BCUT2D eigenvalue weighted by molar-refractivity contribution is 0.0915. The first kappa shape index (κ1) is 22.3. The van der Waals surface area contributed by atoms with E-state index in [1.165, 1.54) is 10.4 Å². The highest BCUT2D eigenvalue weighted by atomic mass is 35.5. The van der Waals surface area contributed by atoms with Gasteiger partial charge in [-0.05, 0) is 62.2 Å². The lowest BCUT2D eigenvalue weighted by atomic mass is 9.85. The molecule has 3 heterocycles. The summed E-state index contributed by atoms with van der Waals surface area (Å²) in [5, 5.41) is 4.71. The van der Waals surface area contributed by atoms with Gasteiger partial charge in [0, 0.05) is 52.1 Å². The van der Waals surface area contributed by atoms with E-state index in [-0.39, 0.29) is 23.8 Å². The van der Waals surface area contributed by atoms with E-state index in [1.54, 1.807) is 23.6 Å². The molecule has 0 saturated heterocycles. The van der Waals surface area contributed by atoms with E-state index in [1.807, 2.05) is 24.3 Å². The SMILES string of the molecule is CN1CCc2sc(C(=O)N=CC3CCCC[C@@H]3NC(=O)c3cc4cc(Cl)ccc4[nH]3)cc2C1. The van der Waals surface area contributed by atoms with Crippen LogP contribution in [0.5, 0.6) is 0 Å². The Morgan fingerprint density at radius 3 is 2.97 bits per heavy atom. The van der Waals surface area contributed by atoms with Gasteiger partial charge in [-0.25, -0.2) is 4.99 Å². The molecule has 1 aliphatic heterocycles. The summed E-state index contributed by atoms with van der Waals surface area (Å²) in [4.78, 5) is 37.4. The molecule has 2 N–H and O–H groups in total. The molecule has 1 aliphatic carbocycles. The molecule has 33 heavy (non-hydrogen) atoms. The van der Waals surface area contributed by atoms with Gasteiger partial charge in [0.25, 0.3) is 11.8 Å². The number of benzene rings is 1. The number of hydrogen-bond acceptors (Lipinski definition) is 4. The first-order valence-corrected chi connectivity index (χ1v) is 12.6. The summed E-state index contributed by atoms with van der Waals surface area (Å²) in [5.74, 6) is -0.277. The molecule has 6 nitrogen and oxygen atoms in total. The quantitative estimate of drug-likeness (QED) is 0.509. The Balaban J connectivity index is 1.26. The number of rotatable bonds is 4. The van der Waals surface area contributed by atoms with Crippen molar-refractivity contribution in [1.82, 2.24) is 15.2 Å². The topological polar surface area (TPSA) is 77.6 Å². The number of thiophene rings is 1. The van der Waals surface area contributed by atoms with Crippen LogP contribution in [-0.2, 0) is 13.0 Å². The smallest absolute Gasteiger partial charge is 0.286 e. The fourth-order valence-electron chi connectivity index (χ4n) is 4.80. The minimum Gasteiger partial charge on any atom is -0.351 e. The molecule has 2 atom stereocenters. The van der Waals surface area contributed by atoms with Crippen molar-refractivity contribution >= 4 is 51.9 Å². The van der Waals surface area contributed by atoms with Crippen molar-refractivity contribution in [2.24, 2.45) is 10.9 Å². The molecule has 5 rings (SSSR count). The third-order valence-electron chi connectivity index (χ3n) is 6.61. The number of amides is 2. The van der Waals surface area contributed by atoms with Gasteiger partial charge >= 0.3 is 0 Å². The number of carbonyl (C=O) groups excluding carboxylic acids is 2. The molecule has 2 aliphatic rings. The predicted octanol–water partition coefficient (Wildman–Crippen LogP) is 5.07. The second-order valence-corrected chi connectivity index (χ2v) is 10.6. The third kappa shape index (κ3) is 4.90. The average molecular weight is 483 g/mol. The first-order chi connectivity index (χ1) is 16.0. The van der Waals surface area contributed by atoms with Gasteiger partial charge in [0.05, 0.1) is 4.88 Å². The highest BCUT2D eigenvalue weighted by Gasteiger charge is 2.27. The average Bonchev–Trinajstić information content (AvgIpc) is 3.41. The van der Waals surface area contributed by atoms with Gasteiger partial charge in [0.1, 0.15) is 5.69 Å². The molecule has 0 radical (unpaired) electrons. The predicted molar refractivity (Wildman–Crippen MR) is 134 cm³/mol. The van der Waals surface area contributed by atoms with Crippen LogP contribution in [0.2, 0.25) is 5.02 Å². The summed E-state index contributed by atoms with van der Waals surface area (Å²) in [7, 11) is 2.10. The Morgan fingerprint density at radius 2 is 2.09 bits per heavy atom. The lowest BCUT2D eigenvalue weighted by Gasteiger charge is -2.29. The van der Waals surface area contributed by atoms with E-state index in [2.05, 4.69) is 27.2 Å². The number of nitrogens with one attached hydrogen (secondary N) is 2. The standard InChI is InChI=1S/C25H27ClN4O2S/c1-30-9-8-22-17(14-30)12-23(33-22)25(32)27-13-15-4-2-3-5-19(15)29-24(31)21-11-16-10-18(26)6-7-20(16)28-21/h6-7,10-13,15,19,28H,2-5,8-9,14H2,1H3,(H,29,31)/t15?,19-/m0/s1. The van der Waals surface area contributed by atoms with Gasteiger partial charge < -0.3 is 15.2 Å². The van der Waals surface area contributed by atoms with Gasteiger partial charge in [-0.2, -0.15) is 0 Å². The van der Waals surface area contributed by atoms with Crippen LogP contribution < -0.4 is 5.32 Å². The summed E-state index contributed by atoms with van der Waals surface area (Å²) in [6.07, 6.45) is 6.67. The van der Waals surface area contributed by atoms with Crippen LogP contribution in [0.1, 0.15) is 56.3 Å². The Labute approximate surface area is 202 Å². The maximum atomic E-state index is 12.9. The second-order valence-electron chi connectivity index (χ2n) is 9.07. The molecule has 1 saturated carbocycles. The molecule has 1 aromatic carbocycles. The molecule has 0 spiro atoms. The van der Waals surface area contributed by atoms with Crippen LogP contribution in [0.15, 0.2) is 35.3 Å². The van der Waals surface area contributed by atoms with E-state index in [4.69, 9.17) is 11.6 Å². The zero-order valence-corrected chi connectivity index (χ0v) is 20.1. The molecule has 172 valence electrons. The summed E-state index contributed by atoms with van der Waals surface area (Å²) in [5.41, 5.74) is 2.63. The molecule has 2 aromatic heterocycles. The van der Waals surface area contributed by atoms with Gasteiger partial charge in [-0.15, -0.1) is 11.3 Å². The van der Waals surface area contributed by atoms with Crippen molar-refractivity contribution in [1.29, 1.82) is 0 Å². The van der Waals surface area contributed by atoms with Crippen molar-refractivity contribution < 1.29 is 9.59 Å². The molecule has 8 heteroatoms. The summed E-state index contributed by atoms with van der Waals surface area (Å²) in [6.45, 7) is 1.91. The van der Waals surface area contributed by atoms with Crippen LogP contribution in [0.3, 0.4) is 0 Å². The largest absolute Gasteiger partial charge is 0.351 e. The Bertz CT molecular complexity index is 1230. The fraction of sp³-hybridized carbons (Fsp3) is 0.400. The maximum absolute atomic E-state index is 12.9. The van der Waals surface area contributed by atoms with Crippen LogP contribution in [0.4, 0.5) is 0 Å². The second kappa shape index (κ2) is 9.41. The molecule has 2 amide bonds. The minimum absolute atomic E-state index is 0.0389. The molecule has 1 fully saturated rings. The molecule has 1 unspecified atom stereocenters. The van der Waals surface area contributed by atoms with Crippen molar-refractivity contribution in [2.75, 3.05) is 13.6 Å². The van der Waals surface area contributed by atoms with E-state index in [0.717, 1.165) is 56.1 Å². The van der Waals surface area contributed by atoms with Crippen molar-refractivity contribution in [3.8, 4) is 0 Å². The van der Waals surface area contributed by atoms with Gasteiger partial charge in [0.2, 0.25) is 0 Å². The highest BCUT2D eigenvalue weighted by molar-refractivity contribution is 7.14. The number of fused-ring (bicyclic) bond motifs is 2. The van der Waals surface area contributed by atoms with Crippen molar-refractivity contribution in [3.63, 3.8) is 0 Å². The normalized spacial score (nSPS) is 21.4. The van der Waals surface area contributed by atoms with Crippen LogP contribution in [0, 0.1) is 5.92 Å². The fourth-order valence-corrected chi connectivity index (χ4v) is 6.03. The van der Waals surface area contributed by atoms with E-state index >= 15 is 0 Å². The third-order valence-corrected chi connectivity index (χ3v) is 8.08. The highest BCUT2D eigenvalue weighted by Crippen LogP contribution is 2.29. The molecule has 0 bridgehead atoms. The number of likely N-dealkylation sites (N-methyl/N-ethyl adjacent to an activating group) is 1. The van der Waals surface area contributed by atoms with E-state index in [0.29, 0.717) is 15.6 Å². The van der Waals surface area contributed by atoms with E-state index < -0.39 is 0 Å². The Hall–Kier alpha value is -2.48. The molecular weight excluding hydrogens is 456 g/mol. The molecule has 3 aromatic rings. The number of nitrogens with zero attached hydrogens (tertiary/aromatic N) is 2. The van der Waals surface area contributed by atoms with Gasteiger partial charge in [-0.3, -0.25) is 9.59 Å². The minimum atomic E-state index is -0.180. The van der Waals surface area contributed by atoms with Crippen molar-refractivity contribution in [2.45, 2.75) is 44.7 Å². The van der Waals surface area contributed by atoms with Crippen LogP contribution in [-0.4, -0.2) is 47.5 Å². The van der Waals surface area contributed by atoms with Crippen molar-refractivity contribution in [3.05, 3.63) is 56.4 Å². The number of aromatic amines is 1. The monoisotopic (exact) mass is 482 g/mol. The number of H-pyrrole nitrogens is 1. The number of aromatic nitrogens is 1. The van der Waals surface area contributed by atoms with Gasteiger partial charge in [-0.1, -0.05) is 24.4 Å². The number of carbonyl (C=O) groups is 2. The van der Waals surface area contributed by atoms with Crippen LogP contribution >= 0.6 is 22.9 Å².